The first-order valence-electron chi connectivity index (χ1n) is 5.50. The van der Waals surface area contributed by atoms with Crippen molar-refractivity contribution in [3.05, 3.63) is 9.15 Å². The van der Waals surface area contributed by atoms with E-state index in [0.717, 1.165) is 0 Å². The van der Waals surface area contributed by atoms with Gasteiger partial charge in [0.1, 0.15) is 3.58 Å². The molecule has 0 bridgehead atoms. The fraction of sp³-hybridized carbons (Fsp3) is 0.667. The zero-order valence-electron chi connectivity index (χ0n) is 10.9. The Kier molecular flexibility index (Phi) is 6.74. The zero-order chi connectivity index (χ0) is 13.6. The Morgan fingerprint density at radius 1 is 1.00 bits per heavy atom. The summed E-state index contributed by atoms with van der Waals surface area (Å²) in [4.78, 5) is 23.5. The third-order valence-corrected chi connectivity index (χ3v) is 2.88. The molecular formula is C12H19IO4. The van der Waals surface area contributed by atoms with Gasteiger partial charge in [0.25, 0.3) is 0 Å². The van der Waals surface area contributed by atoms with Crippen LogP contribution in [0.25, 0.3) is 0 Å². The van der Waals surface area contributed by atoms with E-state index >= 15 is 0 Å². The van der Waals surface area contributed by atoms with Crippen molar-refractivity contribution < 1.29 is 19.1 Å². The van der Waals surface area contributed by atoms with E-state index in [-0.39, 0.29) is 16.8 Å². The number of hydrogen-bond donors (Lipinski definition) is 0. The molecule has 17 heavy (non-hydrogen) atoms. The second-order valence-corrected chi connectivity index (χ2v) is 5.46. The molecule has 0 aliphatic rings. The molecule has 0 aliphatic carbocycles. The highest BCUT2D eigenvalue weighted by Gasteiger charge is 2.31. The molecule has 0 heterocycles. The van der Waals surface area contributed by atoms with Crippen molar-refractivity contribution in [2.75, 3.05) is 13.2 Å². The SMILES string of the molecule is CCOC(=O)/C(I)=C(/C(=O)OCC)C(C)(C)C. The molecule has 0 N–H and O–H groups in total. The van der Waals surface area contributed by atoms with Gasteiger partial charge in [0.2, 0.25) is 0 Å². The highest BCUT2D eigenvalue weighted by atomic mass is 127. The Morgan fingerprint density at radius 3 is 1.76 bits per heavy atom. The average molecular weight is 354 g/mol. The van der Waals surface area contributed by atoms with Gasteiger partial charge in [-0.25, -0.2) is 9.59 Å². The average Bonchev–Trinajstić information content (AvgIpc) is 2.16. The van der Waals surface area contributed by atoms with Gasteiger partial charge in [0, 0.05) is 0 Å². The minimum atomic E-state index is -0.480. The molecule has 0 rings (SSSR count). The quantitative estimate of drug-likeness (QED) is 0.443. The van der Waals surface area contributed by atoms with Crippen LogP contribution in [-0.2, 0) is 19.1 Å². The molecule has 0 aromatic carbocycles. The van der Waals surface area contributed by atoms with Crippen molar-refractivity contribution in [1.82, 2.24) is 0 Å². The van der Waals surface area contributed by atoms with Crippen LogP contribution in [0.15, 0.2) is 9.15 Å². The summed E-state index contributed by atoms with van der Waals surface area (Å²) in [5.74, 6) is -0.941. The van der Waals surface area contributed by atoms with Crippen LogP contribution in [0.1, 0.15) is 34.6 Å². The number of rotatable bonds is 4. The number of esters is 2. The molecule has 0 unspecified atom stereocenters. The van der Waals surface area contributed by atoms with Gasteiger partial charge in [-0.1, -0.05) is 20.8 Å². The maximum absolute atomic E-state index is 11.8. The van der Waals surface area contributed by atoms with Crippen LogP contribution in [0.2, 0.25) is 0 Å². The molecule has 0 saturated heterocycles. The van der Waals surface area contributed by atoms with Crippen LogP contribution < -0.4 is 0 Å². The first-order valence-corrected chi connectivity index (χ1v) is 6.58. The summed E-state index contributed by atoms with van der Waals surface area (Å²) in [5, 5.41) is 0. The predicted octanol–water partition coefficient (Wildman–Crippen LogP) is 2.85. The van der Waals surface area contributed by atoms with Crippen molar-refractivity contribution in [2.45, 2.75) is 34.6 Å². The molecule has 98 valence electrons. The largest absolute Gasteiger partial charge is 0.463 e. The van der Waals surface area contributed by atoms with Gasteiger partial charge >= 0.3 is 11.9 Å². The fourth-order valence-corrected chi connectivity index (χ4v) is 2.41. The molecule has 0 saturated carbocycles. The standard InChI is InChI=1S/C12H19IO4/c1-6-16-10(14)8(12(3,4)5)9(13)11(15)17-7-2/h6-7H2,1-5H3/b9-8+. The molecular weight excluding hydrogens is 335 g/mol. The number of hydrogen-bond acceptors (Lipinski definition) is 4. The Labute approximate surface area is 116 Å². The normalized spacial score (nSPS) is 12.8. The maximum atomic E-state index is 11.8. The summed E-state index contributed by atoms with van der Waals surface area (Å²) in [6, 6.07) is 0. The molecule has 0 fully saturated rings. The maximum Gasteiger partial charge on any atom is 0.344 e. The van der Waals surface area contributed by atoms with Crippen molar-refractivity contribution >= 4 is 34.5 Å². The zero-order valence-corrected chi connectivity index (χ0v) is 13.1. The lowest BCUT2D eigenvalue weighted by atomic mass is 9.86. The Bertz CT molecular complexity index is 326. The van der Waals surface area contributed by atoms with E-state index in [2.05, 4.69) is 0 Å². The van der Waals surface area contributed by atoms with Gasteiger partial charge in [0.15, 0.2) is 0 Å². The van der Waals surface area contributed by atoms with E-state index in [1.165, 1.54) is 0 Å². The molecule has 0 aromatic rings. The molecule has 0 aliphatic heterocycles. The lowest BCUT2D eigenvalue weighted by Gasteiger charge is -2.22. The Morgan fingerprint density at radius 2 is 1.41 bits per heavy atom. The van der Waals surface area contributed by atoms with E-state index in [1.807, 2.05) is 43.4 Å². The molecule has 0 spiro atoms. The van der Waals surface area contributed by atoms with Gasteiger partial charge < -0.3 is 9.47 Å². The molecule has 0 aromatic heterocycles. The molecule has 0 atom stereocenters. The monoisotopic (exact) mass is 354 g/mol. The van der Waals surface area contributed by atoms with Crippen molar-refractivity contribution in [3.8, 4) is 0 Å². The summed E-state index contributed by atoms with van der Waals surface area (Å²) in [5.41, 5.74) is -0.103. The van der Waals surface area contributed by atoms with Crippen LogP contribution in [-0.4, -0.2) is 25.2 Å². The summed E-state index contributed by atoms with van der Waals surface area (Å²) in [6.45, 7) is 9.60. The number of ether oxygens (including phenoxy) is 2. The van der Waals surface area contributed by atoms with Crippen molar-refractivity contribution in [3.63, 3.8) is 0 Å². The first kappa shape index (κ1) is 16.4. The van der Waals surface area contributed by atoms with Crippen LogP contribution in [0.3, 0.4) is 0 Å². The third kappa shape index (κ3) is 5.06. The summed E-state index contributed by atoms with van der Waals surface area (Å²) in [7, 11) is 0. The topological polar surface area (TPSA) is 52.6 Å². The van der Waals surface area contributed by atoms with Gasteiger partial charge in [-0.15, -0.1) is 0 Å². The van der Waals surface area contributed by atoms with Gasteiger partial charge in [-0.3, -0.25) is 0 Å². The fourth-order valence-electron chi connectivity index (χ4n) is 1.22. The van der Waals surface area contributed by atoms with Gasteiger partial charge in [0.05, 0.1) is 18.8 Å². The van der Waals surface area contributed by atoms with Crippen LogP contribution >= 0.6 is 22.6 Å². The predicted molar refractivity (Wildman–Crippen MR) is 73.8 cm³/mol. The Balaban J connectivity index is 5.37. The van der Waals surface area contributed by atoms with Gasteiger partial charge in [-0.2, -0.15) is 0 Å². The summed E-state index contributed by atoms with van der Waals surface area (Å²) in [6.07, 6.45) is 0. The molecule has 0 amide bonds. The van der Waals surface area contributed by atoms with E-state index < -0.39 is 17.4 Å². The number of carbonyl (C=O) groups excluding carboxylic acids is 2. The van der Waals surface area contributed by atoms with Crippen molar-refractivity contribution in [2.24, 2.45) is 5.41 Å². The molecule has 4 nitrogen and oxygen atoms in total. The van der Waals surface area contributed by atoms with E-state index in [4.69, 9.17) is 9.47 Å². The number of halogens is 1. The van der Waals surface area contributed by atoms with E-state index in [1.54, 1.807) is 13.8 Å². The van der Waals surface area contributed by atoms with E-state index in [0.29, 0.717) is 5.57 Å². The van der Waals surface area contributed by atoms with Crippen LogP contribution in [0, 0.1) is 5.41 Å². The lowest BCUT2D eigenvalue weighted by molar-refractivity contribution is -0.142. The minimum absolute atomic E-state index is 0.283. The smallest absolute Gasteiger partial charge is 0.344 e. The third-order valence-electron chi connectivity index (χ3n) is 1.90. The summed E-state index contributed by atoms with van der Waals surface area (Å²) >= 11 is 1.84. The first-order chi connectivity index (χ1) is 7.75. The lowest BCUT2D eigenvalue weighted by Crippen LogP contribution is -2.24. The molecule has 5 heteroatoms. The summed E-state index contributed by atoms with van der Waals surface area (Å²) < 4.78 is 10.2. The second-order valence-electron chi connectivity index (χ2n) is 4.38. The second kappa shape index (κ2) is 6.98. The highest BCUT2D eigenvalue weighted by Crippen LogP contribution is 2.32. The van der Waals surface area contributed by atoms with E-state index in [9.17, 15) is 9.59 Å². The van der Waals surface area contributed by atoms with Gasteiger partial charge in [-0.05, 0) is 41.9 Å². The highest BCUT2D eigenvalue weighted by molar-refractivity contribution is 14.1. The Hall–Kier alpha value is -0.590. The van der Waals surface area contributed by atoms with Crippen LogP contribution in [0.4, 0.5) is 0 Å². The van der Waals surface area contributed by atoms with Crippen molar-refractivity contribution in [1.29, 1.82) is 0 Å². The molecule has 0 radical (unpaired) electrons. The van der Waals surface area contributed by atoms with Crippen LogP contribution in [0.5, 0.6) is 0 Å². The number of carbonyl (C=O) groups is 2. The minimum Gasteiger partial charge on any atom is -0.463 e.